The molecule has 4 unspecified atom stereocenters. The van der Waals surface area contributed by atoms with Crippen LogP contribution in [0.25, 0.3) is 44.7 Å². The summed E-state index contributed by atoms with van der Waals surface area (Å²) in [6.07, 6.45) is -5.57. The number of anilines is 2. The fourth-order valence-corrected chi connectivity index (χ4v) is 20.6. The molecular weight excluding hydrogens is 1690 g/mol. The van der Waals surface area contributed by atoms with E-state index in [2.05, 4.69) is 145 Å². The van der Waals surface area contributed by atoms with Crippen LogP contribution in [0.1, 0.15) is 89.0 Å². The molecule has 16 rings (SSSR count). The lowest BCUT2D eigenvalue weighted by Crippen LogP contribution is -2.50. The first-order valence-corrected chi connectivity index (χ1v) is 49.9. The number of hydrogen-bond donors (Lipinski definition) is 7. The van der Waals surface area contributed by atoms with Crippen LogP contribution in [0.4, 0.5) is 16.3 Å². The smallest absolute Gasteiger partial charge is 0.386 e. The van der Waals surface area contributed by atoms with E-state index in [-0.39, 0.29) is 40.8 Å². The highest BCUT2D eigenvalue weighted by molar-refractivity contribution is 8.44. The molecule has 2 aromatic carbocycles. The van der Waals surface area contributed by atoms with Crippen molar-refractivity contribution in [2.24, 2.45) is 0 Å². The summed E-state index contributed by atoms with van der Waals surface area (Å²) in [5.41, 5.74) is 7.09. The Kier molecular flexibility index (Phi) is 26.4. The monoisotopic (exact) mass is 1790 g/mol. The van der Waals surface area contributed by atoms with E-state index >= 15 is 0 Å². The summed E-state index contributed by atoms with van der Waals surface area (Å²) in [6.45, 7) is 16.0. The Hall–Kier alpha value is -6.30. The summed E-state index contributed by atoms with van der Waals surface area (Å²) in [4.78, 5) is 64.6. The van der Waals surface area contributed by atoms with Gasteiger partial charge >= 0.3 is 13.5 Å². The van der Waals surface area contributed by atoms with Crippen molar-refractivity contribution < 1.29 is 97.5 Å². The molecule has 6 saturated heterocycles. The minimum atomic E-state index is -4.31. The summed E-state index contributed by atoms with van der Waals surface area (Å²) < 4.78 is 140. The lowest BCUT2D eigenvalue weighted by atomic mass is 10.1. The van der Waals surface area contributed by atoms with Crippen LogP contribution >= 0.6 is 40.7 Å². The predicted molar refractivity (Wildman–Crippen MR) is 449 cm³/mol. The molecule has 0 saturated carbocycles. The third-order valence-electron chi connectivity index (χ3n) is 21.6. The Morgan fingerprint density at radius 2 is 0.881 bits per heavy atom. The third kappa shape index (κ3) is 18.6. The first-order valence-electron chi connectivity index (χ1n) is 36.6. The Morgan fingerprint density at radius 1 is 0.492 bits per heavy atom. The van der Waals surface area contributed by atoms with Gasteiger partial charge in [0, 0.05) is 13.1 Å². The number of rotatable bonds is 14. The number of benzene rings is 2. The first-order chi connectivity index (χ1) is 54.8. The van der Waals surface area contributed by atoms with Gasteiger partial charge in [-0.1, -0.05) is 114 Å². The van der Waals surface area contributed by atoms with Crippen molar-refractivity contribution in [3.63, 3.8) is 0 Å². The van der Waals surface area contributed by atoms with Gasteiger partial charge in [0.15, 0.2) is 86.8 Å². The maximum atomic E-state index is 15.0. The Bertz CT molecular complexity index is 5450. The average molecular weight is 1790 g/mol. The molecule has 39 nitrogen and oxygen atoms in total. The van der Waals surface area contributed by atoms with Gasteiger partial charge in [-0.15, -0.1) is 0 Å². The highest BCUT2D eigenvalue weighted by Crippen LogP contribution is 2.61. The van der Waals surface area contributed by atoms with Crippen molar-refractivity contribution in [1.29, 1.82) is 0 Å². The molecular formula is C68H98B2FN19O20P4S2Si2-2. The minimum Gasteiger partial charge on any atom is -0.408 e. The van der Waals surface area contributed by atoms with Gasteiger partial charge in [-0.05, 0) is 73.0 Å². The zero-order valence-corrected chi connectivity index (χ0v) is 72.4. The second-order valence-corrected chi connectivity index (χ2v) is 48.1. The highest BCUT2D eigenvalue weighted by atomic mass is 32.7. The van der Waals surface area contributed by atoms with Crippen LogP contribution in [-0.2, 0) is 103 Å². The minimum absolute atomic E-state index is 0. The van der Waals surface area contributed by atoms with Crippen molar-refractivity contribution in [3.8, 4) is 0 Å². The molecule has 8 aromatic heterocycles. The van der Waals surface area contributed by atoms with Crippen molar-refractivity contribution in [3.05, 3.63) is 134 Å². The lowest BCUT2D eigenvalue weighted by Gasteiger charge is -2.41. The summed E-state index contributed by atoms with van der Waals surface area (Å²) in [5, 5.41) is 29.1. The number of aliphatic hydroxyl groups is 2. The lowest BCUT2D eigenvalue weighted by molar-refractivity contribution is -0.0595. The molecule has 0 radical (unpaired) electrons. The topological polar surface area (TPSA) is 475 Å². The molecule has 6 fully saturated rings. The van der Waals surface area contributed by atoms with Crippen LogP contribution in [-0.4, -0.2) is 225 Å². The van der Waals surface area contributed by atoms with Crippen molar-refractivity contribution >= 4 is 141 Å². The number of aliphatic hydroxyl groups excluding tert-OH is 2. The molecule has 640 valence electrons. The Labute approximate surface area is 692 Å². The van der Waals surface area contributed by atoms with Crippen LogP contribution < -0.4 is 16.8 Å². The Morgan fingerprint density at radius 3 is 1.39 bits per heavy atom. The quantitative estimate of drug-likeness (QED) is 0.0305. The van der Waals surface area contributed by atoms with E-state index in [0.717, 1.165) is 11.1 Å². The van der Waals surface area contributed by atoms with Gasteiger partial charge in [0.2, 0.25) is 0 Å². The fourth-order valence-electron chi connectivity index (χ4n) is 13.5. The number of thiol groups is 1. The van der Waals surface area contributed by atoms with E-state index in [1.165, 1.54) is 47.1 Å². The molecule has 118 heavy (non-hydrogen) atoms. The van der Waals surface area contributed by atoms with Gasteiger partial charge in [0.1, 0.15) is 125 Å². The number of halogens is 1. The van der Waals surface area contributed by atoms with Gasteiger partial charge in [-0.2, -0.15) is 0 Å². The molecule has 20 atom stereocenters. The maximum absolute atomic E-state index is 15.0. The van der Waals surface area contributed by atoms with Gasteiger partial charge in [-0.3, -0.25) is 36.5 Å². The van der Waals surface area contributed by atoms with Crippen LogP contribution in [0.3, 0.4) is 0 Å². The van der Waals surface area contributed by atoms with Crippen LogP contribution in [0.5, 0.6) is 0 Å². The molecule has 50 heteroatoms. The second kappa shape index (κ2) is 34.8. The summed E-state index contributed by atoms with van der Waals surface area (Å²) in [5.74, 6) is 1.01. The van der Waals surface area contributed by atoms with E-state index in [1.807, 2.05) is 67.6 Å². The van der Waals surface area contributed by atoms with Crippen molar-refractivity contribution in [1.82, 2.24) is 84.2 Å². The van der Waals surface area contributed by atoms with E-state index in [4.69, 9.17) is 80.8 Å². The van der Waals surface area contributed by atoms with Gasteiger partial charge in [-0.25, -0.2) is 64.4 Å². The van der Waals surface area contributed by atoms with Crippen LogP contribution in [0.2, 0.25) is 36.3 Å². The van der Waals surface area contributed by atoms with Gasteiger partial charge in [0.25, 0.3) is 0 Å². The first kappa shape index (κ1) is 89.5. The summed E-state index contributed by atoms with van der Waals surface area (Å²) in [7, 11) is -15.1. The third-order valence-corrected chi connectivity index (χ3v) is 35.3. The number of imidazole rings is 4. The number of hydrogen-bond acceptors (Lipinski definition) is 35. The van der Waals surface area contributed by atoms with Crippen molar-refractivity contribution in [2.45, 2.75) is 203 Å². The fraction of sp³-hybridized carbons (Fsp3) is 0.529. The van der Waals surface area contributed by atoms with E-state index in [1.54, 1.807) is 28.7 Å². The molecule has 14 heterocycles. The second-order valence-electron chi connectivity index (χ2n) is 31.1. The molecule has 4 bridgehead atoms. The number of ether oxygens (including phenoxy) is 4. The predicted octanol–water partition coefficient (Wildman–Crippen LogP) is 8.42. The SMILES string of the molecule is F.N.[BH3-]P1(=O)OC[C@H]2O[C@@H](n3cnc4c(C)ncnc43)[C@H](OP(=O)(S)OC[C@H]3O[C@@H](n4cnc5c(NCc6ccccc6)ncnc54)[C@H](O[Si](C)(C)C(C)(C)C)[C@@H]3O1)[C@@H]2O[Si](C)(C)C(C)(C)C.[BH3-]P1(=O)OC[C@H]2O[C@@H](n3cnc4c(C)ncnc43)[C@H](OP(O)(=S)OC[C@H]3O[C@@H](n4cnc5c(NCc6ccccc6)ncnc54)[C@H](O)[C@@H]3O1)[C@@H]2O. The molecule has 6 aliphatic rings. The number of fused-ring (bicyclic) bond motifs is 10. The number of aryl methyl sites for hydroxylation is 2. The molecule has 0 spiro atoms. The normalized spacial score (nSPS) is 31.9. The number of nitrogens with one attached hydrogen (secondary N) is 2. The number of aromatic nitrogens is 16. The molecule has 0 amide bonds. The van der Waals surface area contributed by atoms with Crippen LogP contribution in [0.15, 0.2) is 111 Å². The van der Waals surface area contributed by atoms with Gasteiger partial charge < -0.3 is 91.4 Å². The van der Waals surface area contributed by atoms with Crippen LogP contribution in [0, 0.1) is 13.8 Å². The van der Waals surface area contributed by atoms with E-state index in [9.17, 15) is 28.8 Å². The summed E-state index contributed by atoms with van der Waals surface area (Å²) in [6, 6.07) is 19.7. The van der Waals surface area contributed by atoms with Crippen molar-refractivity contribution in [2.75, 3.05) is 37.1 Å². The standard InChI is InChI=1S/C40H61BN9O10P2SSi2.C28H33BN9O10P2S.FH.H3N/c1-24-28-35(45-20-43-24)49(22-47-28)37-32-31(59-64(8,9)39(2,3)4)27(56-37)18-53-61(41,51)57-30-26(19-54-62(52,63)58-32)55-38(33(30)60-65(10,11)40(5,6)7)50-23-48-29-34(44-21-46-36(29)50)42-17-25-15-13-12-14-16-25;1-14-18-25(33-10-31-14)38(12-35-18)28-23-20(39)16(45-28)8-43-49(29,41)47-22-17(9-44-50(42,51)48-23)46-27(21(22)40)37-13-36-19-24(32-11-34-26(19)37)30-7-15-5-3-2-4-6-15;;/h12-16,20-23,26-27,30-33,37-38H,17-19H2,1-11,41H3,(H,52,63)(H,42,44,46);2-6,10-13,16-17,20-23,27-28,39-40H,7-9H2,1,29H3,(H,42,51)(H,30,32,34);1H;1H3/q2*-1;;/t26-,27-,30-,31-,32-,33-,37-,38-,61?,62?;16-,17-,20-,21-,22-,23-,27-,28-,49?,50?;;/m11../s1. The zero-order chi connectivity index (χ0) is 82.4. The molecule has 10 aromatic rings. The molecule has 6 aliphatic heterocycles. The molecule has 0 aliphatic carbocycles. The van der Waals surface area contributed by atoms with Gasteiger partial charge in [0.05, 0.1) is 78.3 Å². The number of nitrogens with zero attached hydrogens (tertiary/aromatic N) is 16. The van der Waals surface area contributed by atoms with E-state index in [0.29, 0.717) is 80.8 Å². The maximum Gasteiger partial charge on any atom is 0.386 e. The largest absolute Gasteiger partial charge is 0.408 e. The average Bonchev–Trinajstić information content (AvgIpc) is 1.61. The Balaban J connectivity index is 0.000000207. The summed E-state index contributed by atoms with van der Waals surface area (Å²) >= 11 is 9.97. The highest BCUT2D eigenvalue weighted by Gasteiger charge is 2.58. The molecule has 8 N–H and O–H groups in total. The zero-order valence-electron chi connectivity index (χ0n) is 65.1. The van der Waals surface area contributed by atoms with E-state index < -0.39 is 165 Å².